The molecule has 33 heavy (non-hydrogen) atoms. The van der Waals surface area contributed by atoms with Gasteiger partial charge in [0, 0.05) is 5.56 Å². The van der Waals surface area contributed by atoms with E-state index in [2.05, 4.69) is 13.8 Å². The summed E-state index contributed by atoms with van der Waals surface area (Å²) < 4.78 is 47.6. The van der Waals surface area contributed by atoms with E-state index in [0.717, 1.165) is 16.7 Å². The third kappa shape index (κ3) is 4.84. The van der Waals surface area contributed by atoms with E-state index < -0.39 is 25.3 Å². The summed E-state index contributed by atoms with van der Waals surface area (Å²) >= 11 is 0. The third-order valence-corrected chi connectivity index (χ3v) is 8.27. The molecular formula is C27H27F3NOP. The molecule has 0 spiro atoms. The second-order valence-electron chi connectivity index (χ2n) is 9.06. The monoisotopic (exact) mass is 469 g/mol. The van der Waals surface area contributed by atoms with Gasteiger partial charge in [-0.15, -0.1) is 0 Å². The third-order valence-electron chi connectivity index (χ3n) is 5.78. The van der Waals surface area contributed by atoms with Crippen LogP contribution in [0.5, 0.6) is 0 Å². The zero-order valence-electron chi connectivity index (χ0n) is 19.1. The molecule has 0 bridgehead atoms. The van der Waals surface area contributed by atoms with Gasteiger partial charge in [0.05, 0.1) is 11.6 Å². The summed E-state index contributed by atoms with van der Waals surface area (Å²) in [6.07, 6.45) is -4.44. The van der Waals surface area contributed by atoms with Gasteiger partial charge in [-0.1, -0.05) is 74.5 Å². The first kappa shape index (κ1) is 23.5. The van der Waals surface area contributed by atoms with Crippen molar-refractivity contribution < 1.29 is 17.9 Å². The van der Waals surface area contributed by atoms with Gasteiger partial charge in [-0.05, 0) is 61.8 Å². The minimum Gasteiger partial charge on any atom is -0.469 e. The smallest absolute Gasteiger partial charge is 0.416 e. The summed E-state index contributed by atoms with van der Waals surface area (Å²) in [6, 6.07) is 23.2. The van der Waals surface area contributed by atoms with E-state index in [9.17, 15) is 13.2 Å². The molecule has 6 heteroatoms. The molecule has 0 aromatic heterocycles. The zero-order chi connectivity index (χ0) is 23.8. The lowest BCUT2D eigenvalue weighted by Crippen LogP contribution is -2.37. The quantitative estimate of drug-likeness (QED) is 0.418. The molecule has 0 amide bonds. The summed E-state index contributed by atoms with van der Waals surface area (Å²) in [7, 11) is -1.27. The number of hydrogen-bond acceptors (Lipinski definition) is 2. The molecular weight excluding hydrogens is 442 g/mol. The van der Waals surface area contributed by atoms with Crippen LogP contribution in [0.15, 0.2) is 83.9 Å². The largest absolute Gasteiger partial charge is 0.469 e. The molecule has 3 aromatic carbocycles. The van der Waals surface area contributed by atoms with Crippen molar-refractivity contribution in [3.05, 3.63) is 90.0 Å². The van der Waals surface area contributed by atoms with Gasteiger partial charge in [-0.25, -0.2) is 4.99 Å². The number of ether oxygens (including phenoxy) is 1. The number of nitrogens with zero attached hydrogens (tertiary/aromatic N) is 1. The van der Waals surface area contributed by atoms with Gasteiger partial charge in [-0.3, -0.25) is 0 Å². The highest BCUT2D eigenvalue weighted by molar-refractivity contribution is 7.80. The first-order valence-corrected chi connectivity index (χ1v) is 12.3. The molecule has 4 rings (SSSR count). The average Bonchev–Trinajstić information content (AvgIpc) is 3.10. The molecule has 0 radical (unpaired) electrons. The highest BCUT2D eigenvalue weighted by atomic mass is 31.1. The Kier molecular flexibility index (Phi) is 6.37. The first-order valence-electron chi connectivity index (χ1n) is 11.0. The van der Waals surface area contributed by atoms with Crippen LogP contribution in [0.1, 0.15) is 38.8 Å². The second-order valence-corrected chi connectivity index (χ2v) is 11.3. The van der Waals surface area contributed by atoms with Crippen LogP contribution in [-0.4, -0.2) is 17.5 Å². The van der Waals surface area contributed by atoms with Crippen molar-refractivity contribution in [2.45, 2.75) is 45.5 Å². The molecule has 0 saturated carbocycles. The van der Waals surface area contributed by atoms with E-state index in [1.165, 1.54) is 12.1 Å². The number of alkyl halides is 3. The van der Waals surface area contributed by atoms with Crippen LogP contribution in [-0.2, 0) is 10.9 Å². The first-order chi connectivity index (χ1) is 15.6. The van der Waals surface area contributed by atoms with Crippen molar-refractivity contribution in [3.8, 4) is 0 Å². The predicted molar refractivity (Wildman–Crippen MR) is 130 cm³/mol. The molecule has 172 valence electrons. The fraction of sp³-hybridized carbons (Fsp3) is 0.296. The SMILES string of the molecule is CC(C)[C@@H]1N=C(c2ccc(C(F)(F)F)cc2P(c2ccccc2)c2ccccc2)OC1(C)C. The summed E-state index contributed by atoms with van der Waals surface area (Å²) in [5.41, 5.74) is -0.581. The Bertz CT molecular complexity index is 1100. The molecule has 2 nitrogen and oxygen atoms in total. The predicted octanol–water partition coefficient (Wildman–Crippen LogP) is 6.04. The van der Waals surface area contributed by atoms with E-state index in [-0.39, 0.29) is 12.0 Å². The Morgan fingerprint density at radius 3 is 1.88 bits per heavy atom. The summed E-state index contributed by atoms with van der Waals surface area (Å²) in [6.45, 7) is 8.12. The van der Waals surface area contributed by atoms with Crippen LogP contribution in [0.25, 0.3) is 0 Å². The molecule has 0 fully saturated rings. The molecule has 1 aliphatic heterocycles. The van der Waals surface area contributed by atoms with Crippen LogP contribution in [0.2, 0.25) is 0 Å². The van der Waals surface area contributed by atoms with Gasteiger partial charge >= 0.3 is 6.18 Å². The number of halogens is 3. The summed E-state index contributed by atoms with van der Waals surface area (Å²) in [4.78, 5) is 4.86. The van der Waals surface area contributed by atoms with Gasteiger partial charge in [-0.2, -0.15) is 13.2 Å². The molecule has 0 aliphatic carbocycles. The fourth-order valence-corrected chi connectivity index (χ4v) is 6.82. The van der Waals surface area contributed by atoms with Crippen molar-refractivity contribution in [3.63, 3.8) is 0 Å². The number of rotatable bonds is 5. The number of benzene rings is 3. The molecule has 1 aliphatic rings. The lowest BCUT2D eigenvalue weighted by Gasteiger charge is -2.28. The van der Waals surface area contributed by atoms with Crippen molar-refractivity contribution in [2.24, 2.45) is 10.9 Å². The van der Waals surface area contributed by atoms with Gasteiger partial charge < -0.3 is 4.74 Å². The highest BCUT2D eigenvalue weighted by Crippen LogP contribution is 2.39. The Balaban J connectivity index is 1.96. The van der Waals surface area contributed by atoms with E-state index in [0.29, 0.717) is 16.8 Å². The standard InChI is InChI=1S/C27H27F3NOP/c1-18(2)24-26(3,4)32-25(31-24)22-16-15-19(27(28,29)30)17-23(22)33(20-11-7-5-8-12-20)21-13-9-6-10-14-21/h5-18,24H,1-4H3/t24-/m0/s1. The minimum absolute atomic E-state index is 0.0812. The van der Waals surface area contributed by atoms with Gasteiger partial charge in [0.15, 0.2) is 0 Å². The van der Waals surface area contributed by atoms with E-state index in [4.69, 9.17) is 9.73 Å². The van der Waals surface area contributed by atoms with Crippen molar-refractivity contribution in [1.29, 1.82) is 0 Å². The maximum atomic E-state index is 13.8. The topological polar surface area (TPSA) is 21.6 Å². The number of aliphatic imine (C=N–C) groups is 1. The van der Waals surface area contributed by atoms with Crippen molar-refractivity contribution in [1.82, 2.24) is 0 Å². The highest BCUT2D eigenvalue weighted by Gasteiger charge is 2.42. The van der Waals surface area contributed by atoms with Gasteiger partial charge in [0.1, 0.15) is 5.60 Å². The molecule has 0 saturated heterocycles. The molecule has 0 unspecified atom stereocenters. The minimum atomic E-state index is -4.44. The molecule has 1 atom stereocenters. The number of hydrogen-bond donors (Lipinski definition) is 0. The van der Waals surface area contributed by atoms with Crippen LogP contribution in [0.3, 0.4) is 0 Å². The second kappa shape index (κ2) is 8.95. The molecule has 1 heterocycles. The lowest BCUT2D eigenvalue weighted by molar-refractivity contribution is -0.137. The maximum absolute atomic E-state index is 13.8. The molecule has 3 aromatic rings. The average molecular weight is 469 g/mol. The van der Waals surface area contributed by atoms with E-state index in [1.807, 2.05) is 74.5 Å². The Morgan fingerprint density at radius 1 is 0.879 bits per heavy atom. The van der Waals surface area contributed by atoms with Crippen LogP contribution in [0, 0.1) is 5.92 Å². The van der Waals surface area contributed by atoms with Crippen molar-refractivity contribution >= 4 is 29.7 Å². The Morgan fingerprint density at radius 2 is 1.42 bits per heavy atom. The normalized spacial score (nSPS) is 17.8. The van der Waals surface area contributed by atoms with E-state index >= 15 is 0 Å². The lowest BCUT2D eigenvalue weighted by atomic mass is 9.90. The van der Waals surface area contributed by atoms with Gasteiger partial charge in [0.2, 0.25) is 5.90 Å². The summed E-state index contributed by atoms with van der Waals surface area (Å²) in [5, 5.41) is 2.53. The zero-order valence-corrected chi connectivity index (χ0v) is 20.0. The van der Waals surface area contributed by atoms with Crippen LogP contribution in [0.4, 0.5) is 13.2 Å². The Labute approximate surface area is 194 Å². The van der Waals surface area contributed by atoms with Crippen LogP contribution >= 0.6 is 7.92 Å². The fourth-order valence-electron chi connectivity index (χ4n) is 4.35. The van der Waals surface area contributed by atoms with Gasteiger partial charge in [0.25, 0.3) is 0 Å². The summed E-state index contributed by atoms with van der Waals surface area (Å²) in [5.74, 6) is 0.655. The van der Waals surface area contributed by atoms with E-state index in [1.54, 1.807) is 0 Å². The maximum Gasteiger partial charge on any atom is 0.416 e. The Hall–Kier alpha value is -2.65. The van der Waals surface area contributed by atoms with Crippen molar-refractivity contribution in [2.75, 3.05) is 0 Å². The van der Waals surface area contributed by atoms with Crippen LogP contribution < -0.4 is 15.9 Å². The molecule has 0 N–H and O–H groups in total.